The van der Waals surface area contributed by atoms with Gasteiger partial charge < -0.3 is 15.4 Å². The Kier molecular flexibility index (Phi) is 5.01. The Morgan fingerprint density at radius 2 is 1.96 bits per heavy atom. The van der Waals surface area contributed by atoms with Crippen LogP contribution in [0, 0.1) is 0 Å². The van der Waals surface area contributed by atoms with E-state index >= 15 is 0 Å². The number of aliphatic hydroxyl groups is 1. The Morgan fingerprint density at radius 1 is 1.17 bits per heavy atom. The van der Waals surface area contributed by atoms with Gasteiger partial charge in [0, 0.05) is 24.7 Å². The summed E-state index contributed by atoms with van der Waals surface area (Å²) in [5.74, 6) is 0.0248. The van der Waals surface area contributed by atoms with Crippen LogP contribution in [-0.2, 0) is 11.2 Å². The second-order valence-electron chi connectivity index (χ2n) is 6.81. The van der Waals surface area contributed by atoms with Crippen LogP contribution in [0.5, 0.6) is 0 Å². The fourth-order valence-corrected chi connectivity index (χ4v) is 3.43. The molecule has 0 unspecified atom stereocenters. The monoisotopic (exact) mass is 314 g/mol. The summed E-state index contributed by atoms with van der Waals surface area (Å²) in [6.45, 7) is 0.392. The highest BCUT2D eigenvalue weighted by molar-refractivity contribution is 5.80. The number of hydrogen-bond acceptors (Lipinski definition) is 2. The zero-order valence-electron chi connectivity index (χ0n) is 13.6. The number of aromatic nitrogens is 1. The van der Waals surface area contributed by atoms with E-state index in [1.807, 2.05) is 12.3 Å². The molecule has 1 aliphatic carbocycles. The average molecular weight is 314 g/mol. The average Bonchev–Trinajstić information content (AvgIpc) is 2.91. The zero-order chi connectivity index (χ0) is 16.1. The molecule has 23 heavy (non-hydrogen) atoms. The zero-order valence-corrected chi connectivity index (χ0v) is 13.6. The molecule has 1 amide bonds. The van der Waals surface area contributed by atoms with Crippen molar-refractivity contribution in [2.75, 3.05) is 6.54 Å². The lowest BCUT2D eigenvalue weighted by atomic mass is 9.94. The van der Waals surface area contributed by atoms with E-state index in [2.05, 4.69) is 28.5 Å². The van der Waals surface area contributed by atoms with Crippen LogP contribution in [0.3, 0.4) is 0 Å². The Hall–Kier alpha value is -1.81. The van der Waals surface area contributed by atoms with Gasteiger partial charge in [0.2, 0.25) is 5.91 Å². The largest absolute Gasteiger partial charge is 0.388 e. The van der Waals surface area contributed by atoms with Crippen molar-refractivity contribution < 1.29 is 9.90 Å². The molecule has 3 rings (SSSR count). The number of aromatic amines is 1. The molecule has 3 N–H and O–H groups in total. The minimum Gasteiger partial charge on any atom is -0.388 e. The van der Waals surface area contributed by atoms with E-state index in [4.69, 9.17) is 0 Å². The number of nitrogens with one attached hydrogen (secondary N) is 2. The van der Waals surface area contributed by atoms with E-state index in [0.29, 0.717) is 13.0 Å². The van der Waals surface area contributed by atoms with Crippen molar-refractivity contribution in [3.05, 3.63) is 36.0 Å². The maximum Gasteiger partial charge on any atom is 0.220 e. The summed E-state index contributed by atoms with van der Waals surface area (Å²) >= 11 is 0. The van der Waals surface area contributed by atoms with Crippen LogP contribution in [0.15, 0.2) is 30.5 Å². The summed E-state index contributed by atoms with van der Waals surface area (Å²) in [5.41, 5.74) is 1.59. The SMILES string of the molecule is O=C(CCc1ccc2[nH]ccc2c1)NCC1(O)CCCCCC1. The summed E-state index contributed by atoms with van der Waals surface area (Å²) < 4.78 is 0. The van der Waals surface area contributed by atoms with Gasteiger partial charge in [-0.15, -0.1) is 0 Å². The van der Waals surface area contributed by atoms with E-state index < -0.39 is 5.60 Å². The highest BCUT2D eigenvalue weighted by Gasteiger charge is 2.28. The van der Waals surface area contributed by atoms with Crippen LogP contribution in [0.1, 0.15) is 50.5 Å². The normalized spacial score (nSPS) is 17.8. The lowest BCUT2D eigenvalue weighted by molar-refractivity contribution is -0.122. The van der Waals surface area contributed by atoms with Crippen molar-refractivity contribution in [2.24, 2.45) is 0 Å². The minimum absolute atomic E-state index is 0.0248. The molecule has 1 saturated carbocycles. The number of benzene rings is 1. The molecule has 1 aliphatic rings. The highest BCUT2D eigenvalue weighted by Crippen LogP contribution is 2.26. The molecule has 4 nitrogen and oxygen atoms in total. The molecule has 124 valence electrons. The highest BCUT2D eigenvalue weighted by atomic mass is 16.3. The quantitative estimate of drug-likeness (QED) is 0.741. The van der Waals surface area contributed by atoms with Crippen LogP contribution in [0.2, 0.25) is 0 Å². The van der Waals surface area contributed by atoms with Crippen LogP contribution in [-0.4, -0.2) is 28.1 Å². The van der Waals surface area contributed by atoms with Gasteiger partial charge in [0.05, 0.1) is 5.60 Å². The molecule has 1 fully saturated rings. The van der Waals surface area contributed by atoms with E-state index in [1.54, 1.807) is 0 Å². The van der Waals surface area contributed by atoms with E-state index in [0.717, 1.165) is 37.6 Å². The predicted octanol–water partition coefficient (Wildman–Crippen LogP) is 3.30. The van der Waals surface area contributed by atoms with Crippen LogP contribution >= 0.6 is 0 Å². The van der Waals surface area contributed by atoms with Crippen molar-refractivity contribution >= 4 is 16.8 Å². The fraction of sp³-hybridized carbons (Fsp3) is 0.526. The second-order valence-corrected chi connectivity index (χ2v) is 6.81. The number of amides is 1. The molecular weight excluding hydrogens is 288 g/mol. The number of aryl methyl sites for hydroxylation is 1. The first-order valence-corrected chi connectivity index (χ1v) is 8.70. The molecule has 0 radical (unpaired) electrons. The first kappa shape index (κ1) is 16.1. The first-order valence-electron chi connectivity index (χ1n) is 8.70. The third kappa shape index (κ3) is 4.35. The Labute approximate surface area is 137 Å². The van der Waals surface area contributed by atoms with Crippen molar-refractivity contribution in [2.45, 2.75) is 57.0 Å². The van der Waals surface area contributed by atoms with Gasteiger partial charge in [0.25, 0.3) is 0 Å². The van der Waals surface area contributed by atoms with Crippen LogP contribution in [0.25, 0.3) is 10.9 Å². The summed E-state index contributed by atoms with van der Waals surface area (Å²) in [5, 5.41) is 14.7. The molecule has 2 aromatic rings. The molecule has 4 heteroatoms. The van der Waals surface area contributed by atoms with Gasteiger partial charge in [0.1, 0.15) is 0 Å². The number of rotatable bonds is 5. The maximum absolute atomic E-state index is 12.1. The molecule has 0 saturated heterocycles. The topological polar surface area (TPSA) is 65.1 Å². The smallest absolute Gasteiger partial charge is 0.220 e. The summed E-state index contributed by atoms with van der Waals surface area (Å²) in [6, 6.07) is 8.28. The number of H-pyrrole nitrogens is 1. The Bertz CT molecular complexity index is 654. The molecule has 0 bridgehead atoms. The standard InChI is InChI=1S/C19H26N2O2/c22-18(21-14-19(23)10-3-1-2-4-11-19)8-6-15-5-7-17-16(13-15)9-12-20-17/h5,7,9,12-13,20,23H,1-4,6,8,10-11,14H2,(H,21,22). The number of hydrogen-bond donors (Lipinski definition) is 3. The third-order valence-corrected chi connectivity index (χ3v) is 4.91. The van der Waals surface area contributed by atoms with Crippen molar-refractivity contribution in [3.63, 3.8) is 0 Å². The lowest BCUT2D eigenvalue weighted by Crippen LogP contribution is -2.42. The minimum atomic E-state index is -0.698. The van der Waals surface area contributed by atoms with Gasteiger partial charge >= 0.3 is 0 Å². The van der Waals surface area contributed by atoms with Gasteiger partial charge in [-0.1, -0.05) is 31.7 Å². The first-order chi connectivity index (χ1) is 11.1. The molecular formula is C19H26N2O2. The van der Waals surface area contributed by atoms with Gasteiger partial charge in [-0.25, -0.2) is 0 Å². The molecule has 0 atom stereocenters. The molecule has 0 spiro atoms. The molecule has 1 aromatic heterocycles. The van der Waals surface area contributed by atoms with Crippen LogP contribution < -0.4 is 5.32 Å². The summed E-state index contributed by atoms with van der Waals surface area (Å²) in [6.07, 6.45) is 9.22. The van der Waals surface area contributed by atoms with Crippen molar-refractivity contribution in [1.82, 2.24) is 10.3 Å². The summed E-state index contributed by atoms with van der Waals surface area (Å²) in [7, 11) is 0. The maximum atomic E-state index is 12.1. The van der Waals surface area contributed by atoms with Crippen molar-refractivity contribution in [3.8, 4) is 0 Å². The molecule has 0 aliphatic heterocycles. The molecule has 1 aromatic carbocycles. The molecule has 1 heterocycles. The fourth-order valence-electron chi connectivity index (χ4n) is 3.43. The van der Waals surface area contributed by atoms with Gasteiger partial charge in [-0.05, 0) is 48.4 Å². The third-order valence-electron chi connectivity index (χ3n) is 4.91. The lowest BCUT2D eigenvalue weighted by Gasteiger charge is -2.26. The van der Waals surface area contributed by atoms with Gasteiger partial charge in [0.15, 0.2) is 0 Å². The second kappa shape index (κ2) is 7.18. The van der Waals surface area contributed by atoms with Gasteiger partial charge in [-0.2, -0.15) is 0 Å². The van der Waals surface area contributed by atoms with Crippen LogP contribution in [0.4, 0.5) is 0 Å². The number of carbonyl (C=O) groups is 1. The summed E-state index contributed by atoms with van der Waals surface area (Å²) in [4.78, 5) is 15.2. The number of fused-ring (bicyclic) bond motifs is 1. The Morgan fingerprint density at radius 3 is 2.74 bits per heavy atom. The Balaban J connectivity index is 1.47. The predicted molar refractivity (Wildman–Crippen MR) is 92.3 cm³/mol. The van der Waals surface area contributed by atoms with Crippen molar-refractivity contribution in [1.29, 1.82) is 0 Å². The van der Waals surface area contributed by atoms with E-state index in [1.165, 1.54) is 23.8 Å². The van der Waals surface area contributed by atoms with Gasteiger partial charge in [-0.3, -0.25) is 4.79 Å². The number of carbonyl (C=O) groups excluding carboxylic acids is 1. The van der Waals surface area contributed by atoms with E-state index in [9.17, 15) is 9.90 Å². The van der Waals surface area contributed by atoms with E-state index in [-0.39, 0.29) is 5.91 Å².